The van der Waals surface area contributed by atoms with Gasteiger partial charge in [0.15, 0.2) is 0 Å². The lowest BCUT2D eigenvalue weighted by molar-refractivity contribution is 0.0727. The average molecular weight is 337 g/mol. The highest BCUT2D eigenvalue weighted by Crippen LogP contribution is 2.31. The standard InChI is InChI=1S/C16H21BrN2O/c1-11-4-7-15(17)14(9-11)16(20)19(13-5-6-13)10-12-3-2-8-18-12/h4,7,9,12-13,18H,2-3,5-6,8,10H2,1H3. The summed E-state index contributed by atoms with van der Waals surface area (Å²) < 4.78 is 0.901. The lowest BCUT2D eigenvalue weighted by Gasteiger charge is -2.26. The molecule has 1 aliphatic carbocycles. The molecule has 1 unspecified atom stereocenters. The fourth-order valence-corrected chi connectivity index (χ4v) is 3.31. The summed E-state index contributed by atoms with van der Waals surface area (Å²) in [4.78, 5) is 14.9. The highest BCUT2D eigenvalue weighted by atomic mass is 79.9. The summed E-state index contributed by atoms with van der Waals surface area (Å²) in [6, 6.07) is 6.92. The fourth-order valence-electron chi connectivity index (χ4n) is 2.89. The van der Waals surface area contributed by atoms with E-state index in [1.165, 1.54) is 12.8 Å². The van der Waals surface area contributed by atoms with Gasteiger partial charge in [-0.2, -0.15) is 0 Å². The number of amides is 1. The van der Waals surface area contributed by atoms with E-state index in [0.717, 1.165) is 41.5 Å². The first-order chi connectivity index (χ1) is 9.65. The summed E-state index contributed by atoms with van der Waals surface area (Å²) >= 11 is 3.52. The first kappa shape index (κ1) is 14.1. The van der Waals surface area contributed by atoms with Gasteiger partial charge in [0.1, 0.15) is 0 Å². The monoisotopic (exact) mass is 336 g/mol. The first-order valence-corrected chi connectivity index (χ1v) is 8.25. The van der Waals surface area contributed by atoms with Gasteiger partial charge in [-0.25, -0.2) is 0 Å². The van der Waals surface area contributed by atoms with Crippen molar-refractivity contribution in [3.8, 4) is 0 Å². The highest BCUT2D eigenvalue weighted by molar-refractivity contribution is 9.10. The van der Waals surface area contributed by atoms with Gasteiger partial charge < -0.3 is 10.2 Å². The van der Waals surface area contributed by atoms with E-state index in [9.17, 15) is 4.79 Å². The number of nitrogens with zero attached hydrogens (tertiary/aromatic N) is 1. The summed E-state index contributed by atoms with van der Waals surface area (Å²) in [5, 5.41) is 3.50. The van der Waals surface area contributed by atoms with Gasteiger partial charge in [-0.15, -0.1) is 0 Å². The van der Waals surface area contributed by atoms with Crippen molar-refractivity contribution in [3.63, 3.8) is 0 Å². The van der Waals surface area contributed by atoms with Gasteiger partial charge in [-0.1, -0.05) is 11.6 Å². The molecular weight excluding hydrogens is 316 g/mol. The Morgan fingerprint density at radius 3 is 2.85 bits per heavy atom. The quantitative estimate of drug-likeness (QED) is 0.916. The van der Waals surface area contributed by atoms with Crippen molar-refractivity contribution < 1.29 is 4.79 Å². The van der Waals surface area contributed by atoms with Crippen LogP contribution in [-0.2, 0) is 0 Å². The van der Waals surface area contributed by atoms with Crippen molar-refractivity contribution in [3.05, 3.63) is 33.8 Å². The van der Waals surface area contributed by atoms with Crippen LogP contribution in [0.3, 0.4) is 0 Å². The predicted octanol–water partition coefficient (Wildman–Crippen LogP) is 3.11. The van der Waals surface area contributed by atoms with E-state index in [1.807, 2.05) is 25.1 Å². The molecule has 108 valence electrons. The molecule has 0 bridgehead atoms. The minimum atomic E-state index is 0.178. The van der Waals surface area contributed by atoms with Crippen LogP contribution in [0.4, 0.5) is 0 Å². The van der Waals surface area contributed by atoms with E-state index in [1.54, 1.807) is 0 Å². The van der Waals surface area contributed by atoms with Crippen molar-refractivity contribution in [1.29, 1.82) is 0 Å². The minimum Gasteiger partial charge on any atom is -0.334 e. The van der Waals surface area contributed by atoms with Crippen molar-refractivity contribution in [1.82, 2.24) is 10.2 Å². The molecule has 4 heteroatoms. The Bertz CT molecular complexity index is 507. The van der Waals surface area contributed by atoms with Crippen molar-refractivity contribution in [2.45, 2.75) is 44.7 Å². The molecule has 0 aromatic heterocycles. The van der Waals surface area contributed by atoms with E-state index in [2.05, 4.69) is 26.1 Å². The molecule has 3 rings (SSSR count). The largest absolute Gasteiger partial charge is 0.334 e. The zero-order valence-electron chi connectivity index (χ0n) is 11.9. The Morgan fingerprint density at radius 1 is 1.40 bits per heavy atom. The van der Waals surface area contributed by atoms with Crippen LogP contribution in [0.2, 0.25) is 0 Å². The maximum Gasteiger partial charge on any atom is 0.255 e. The Hall–Kier alpha value is -0.870. The Balaban J connectivity index is 1.79. The molecule has 1 aromatic carbocycles. The van der Waals surface area contributed by atoms with Crippen LogP contribution in [-0.4, -0.2) is 36.0 Å². The number of aryl methyl sites for hydroxylation is 1. The summed E-state index contributed by atoms with van der Waals surface area (Å²) in [5.74, 6) is 0.178. The van der Waals surface area contributed by atoms with Crippen molar-refractivity contribution >= 4 is 21.8 Å². The molecule has 1 saturated carbocycles. The van der Waals surface area contributed by atoms with E-state index in [-0.39, 0.29) is 5.91 Å². The molecule has 2 fully saturated rings. The number of halogens is 1. The van der Waals surface area contributed by atoms with E-state index in [0.29, 0.717) is 12.1 Å². The second-order valence-corrected chi connectivity index (χ2v) is 6.82. The van der Waals surface area contributed by atoms with Crippen LogP contribution in [0, 0.1) is 6.92 Å². The molecule has 1 heterocycles. The topological polar surface area (TPSA) is 32.3 Å². The van der Waals surface area contributed by atoms with E-state index >= 15 is 0 Å². The molecule has 1 N–H and O–H groups in total. The number of rotatable bonds is 4. The molecule has 3 nitrogen and oxygen atoms in total. The molecule has 1 aliphatic heterocycles. The molecule has 2 aliphatic rings. The second-order valence-electron chi connectivity index (χ2n) is 5.97. The zero-order valence-corrected chi connectivity index (χ0v) is 13.4. The molecule has 0 spiro atoms. The fraction of sp³-hybridized carbons (Fsp3) is 0.562. The third-order valence-electron chi connectivity index (χ3n) is 4.18. The molecule has 1 amide bonds. The average Bonchev–Trinajstić information content (AvgIpc) is 3.15. The smallest absolute Gasteiger partial charge is 0.255 e. The van der Waals surface area contributed by atoms with Gasteiger partial charge in [-0.3, -0.25) is 4.79 Å². The number of hydrogen-bond acceptors (Lipinski definition) is 2. The Morgan fingerprint density at radius 2 is 2.20 bits per heavy atom. The van der Waals surface area contributed by atoms with Gasteiger partial charge >= 0.3 is 0 Å². The summed E-state index contributed by atoms with van der Waals surface area (Å²) in [7, 11) is 0. The third-order valence-corrected chi connectivity index (χ3v) is 4.87. The molecule has 1 saturated heterocycles. The second kappa shape index (κ2) is 5.86. The minimum absolute atomic E-state index is 0.178. The van der Waals surface area contributed by atoms with Crippen molar-refractivity contribution in [2.24, 2.45) is 0 Å². The molecule has 1 atom stereocenters. The van der Waals surface area contributed by atoms with Gasteiger partial charge in [0, 0.05) is 23.1 Å². The Labute approximate surface area is 128 Å². The predicted molar refractivity (Wildman–Crippen MR) is 84.0 cm³/mol. The summed E-state index contributed by atoms with van der Waals surface area (Å²) in [6.07, 6.45) is 4.72. The van der Waals surface area contributed by atoms with Crippen LogP contribution in [0.15, 0.2) is 22.7 Å². The number of benzene rings is 1. The zero-order chi connectivity index (χ0) is 14.1. The van der Waals surface area contributed by atoms with Gasteiger partial charge in [0.05, 0.1) is 5.56 Å². The van der Waals surface area contributed by atoms with Crippen LogP contribution in [0.5, 0.6) is 0 Å². The lowest BCUT2D eigenvalue weighted by Crippen LogP contribution is -2.42. The molecule has 0 radical (unpaired) electrons. The SMILES string of the molecule is Cc1ccc(Br)c(C(=O)N(CC2CCCN2)C2CC2)c1. The van der Waals surface area contributed by atoms with Gasteiger partial charge in [0.25, 0.3) is 5.91 Å². The molecular formula is C16H21BrN2O. The number of carbonyl (C=O) groups excluding carboxylic acids is 1. The number of hydrogen-bond donors (Lipinski definition) is 1. The van der Waals surface area contributed by atoms with Crippen LogP contribution in [0.1, 0.15) is 41.6 Å². The number of carbonyl (C=O) groups is 1. The van der Waals surface area contributed by atoms with E-state index in [4.69, 9.17) is 0 Å². The van der Waals surface area contributed by atoms with Crippen molar-refractivity contribution in [2.75, 3.05) is 13.1 Å². The van der Waals surface area contributed by atoms with E-state index < -0.39 is 0 Å². The van der Waals surface area contributed by atoms with Crippen LogP contribution in [0.25, 0.3) is 0 Å². The van der Waals surface area contributed by atoms with Crippen LogP contribution >= 0.6 is 15.9 Å². The molecule has 1 aromatic rings. The Kier molecular flexibility index (Phi) is 4.13. The normalized spacial score (nSPS) is 22.0. The van der Waals surface area contributed by atoms with Gasteiger partial charge in [-0.05, 0) is 67.2 Å². The lowest BCUT2D eigenvalue weighted by atomic mass is 10.1. The third kappa shape index (κ3) is 3.07. The summed E-state index contributed by atoms with van der Waals surface area (Å²) in [5.41, 5.74) is 1.93. The maximum atomic E-state index is 12.9. The first-order valence-electron chi connectivity index (χ1n) is 7.45. The summed E-state index contributed by atoms with van der Waals surface area (Å²) in [6.45, 7) is 3.97. The molecule has 20 heavy (non-hydrogen) atoms. The highest BCUT2D eigenvalue weighted by Gasteiger charge is 2.35. The number of nitrogens with one attached hydrogen (secondary N) is 1. The van der Waals surface area contributed by atoms with Gasteiger partial charge in [0.2, 0.25) is 0 Å². The van der Waals surface area contributed by atoms with Crippen LogP contribution < -0.4 is 5.32 Å². The maximum absolute atomic E-state index is 12.9.